The number of thiocarbonyl (C=S) groups is 1. The molecule has 0 aromatic heterocycles. The molecule has 0 saturated carbocycles. The van der Waals surface area contributed by atoms with E-state index in [0.29, 0.717) is 5.69 Å². The van der Waals surface area contributed by atoms with Crippen LogP contribution in [0.5, 0.6) is 0 Å². The lowest BCUT2D eigenvalue weighted by molar-refractivity contribution is 0.615. The first kappa shape index (κ1) is 9.94. The number of hydrogen-bond donors (Lipinski definition) is 2. The number of benzene rings is 1. The van der Waals surface area contributed by atoms with Crippen LogP contribution in [0.25, 0.3) is 0 Å². The van der Waals surface area contributed by atoms with Crippen molar-refractivity contribution < 1.29 is 8.42 Å². The Kier molecular flexibility index (Phi) is 3.21. The van der Waals surface area contributed by atoms with E-state index >= 15 is 0 Å². The second kappa shape index (κ2) is 4.20. The molecule has 0 saturated heterocycles. The molecule has 2 N–H and O–H groups in total. The van der Waals surface area contributed by atoms with Gasteiger partial charge in [-0.05, 0) is 24.4 Å². The van der Waals surface area contributed by atoms with Crippen LogP contribution >= 0.6 is 12.2 Å². The largest absolute Gasteiger partial charge is 0.375 e. The summed E-state index contributed by atoms with van der Waals surface area (Å²) in [6.45, 7) is 0. The van der Waals surface area contributed by atoms with Crippen LogP contribution in [0.2, 0.25) is 0 Å². The zero-order valence-corrected chi connectivity index (χ0v) is 8.29. The third-order valence-electron chi connectivity index (χ3n) is 1.37. The van der Waals surface area contributed by atoms with Crippen molar-refractivity contribution in [1.82, 2.24) is 0 Å². The first-order chi connectivity index (χ1) is 6.13. The summed E-state index contributed by atoms with van der Waals surface area (Å²) in [4.78, 5) is 0. The quantitative estimate of drug-likeness (QED) is 0.550. The van der Waals surface area contributed by atoms with Gasteiger partial charge < -0.3 is 5.73 Å². The minimum Gasteiger partial charge on any atom is -0.375 e. The Morgan fingerprint density at radius 3 is 2.23 bits per heavy atom. The summed E-state index contributed by atoms with van der Waals surface area (Å²) in [5, 5.41) is -0.178. The van der Waals surface area contributed by atoms with Crippen LogP contribution in [0.4, 0.5) is 5.69 Å². The Morgan fingerprint density at radius 2 is 1.85 bits per heavy atom. The van der Waals surface area contributed by atoms with Crippen molar-refractivity contribution >= 4 is 33.9 Å². The summed E-state index contributed by atoms with van der Waals surface area (Å²) in [7, 11) is -2.81. The Balaban J connectivity index is 3.10. The van der Waals surface area contributed by atoms with Crippen LogP contribution in [0.3, 0.4) is 0 Å². The normalized spacial score (nSPS) is 9.92. The lowest BCUT2D eigenvalue weighted by Crippen LogP contribution is -2.33. The molecule has 0 bridgehead atoms. The predicted molar refractivity (Wildman–Crippen MR) is 56.0 cm³/mol. The van der Waals surface area contributed by atoms with Gasteiger partial charge in [0.25, 0.3) is 0 Å². The summed E-state index contributed by atoms with van der Waals surface area (Å²) in [6, 6.07) is 8.42. The molecule has 4 nitrogen and oxygen atoms in total. The van der Waals surface area contributed by atoms with Gasteiger partial charge in [-0.2, -0.15) is 0 Å². The van der Waals surface area contributed by atoms with Gasteiger partial charge >= 0.3 is 0 Å². The Morgan fingerprint density at radius 1 is 1.31 bits per heavy atom. The molecule has 0 aliphatic carbocycles. The van der Waals surface area contributed by atoms with Crippen molar-refractivity contribution in [2.45, 2.75) is 0 Å². The van der Waals surface area contributed by atoms with Crippen LogP contribution in [-0.2, 0) is 10.9 Å². The van der Waals surface area contributed by atoms with Crippen molar-refractivity contribution in [3.05, 3.63) is 30.3 Å². The van der Waals surface area contributed by atoms with E-state index < -0.39 is 10.9 Å². The Labute approximate surface area is 83.0 Å². The fourth-order valence-corrected chi connectivity index (χ4v) is 1.66. The maximum Gasteiger partial charge on any atom is 0.231 e. The highest BCUT2D eigenvalue weighted by Crippen LogP contribution is 2.12. The van der Waals surface area contributed by atoms with E-state index in [9.17, 15) is 8.42 Å². The van der Waals surface area contributed by atoms with Gasteiger partial charge in [0.15, 0.2) is 5.11 Å². The highest BCUT2D eigenvalue weighted by molar-refractivity contribution is 7.84. The number of thiol groups is 1. The Hall–Kier alpha value is -1.14. The summed E-state index contributed by atoms with van der Waals surface area (Å²) < 4.78 is 22.4. The molecule has 0 amide bonds. The molecule has 0 fully saturated rings. The van der Waals surface area contributed by atoms with Gasteiger partial charge in [-0.25, -0.2) is 12.7 Å². The summed E-state index contributed by atoms with van der Waals surface area (Å²) in [5.41, 5.74) is 5.69. The van der Waals surface area contributed by atoms with Gasteiger partial charge in [-0.15, -0.1) is 0 Å². The van der Waals surface area contributed by atoms with Crippen LogP contribution in [0, 0.1) is 0 Å². The topological polar surface area (TPSA) is 63.4 Å². The molecule has 0 atom stereocenters. The van der Waals surface area contributed by atoms with Crippen molar-refractivity contribution in [2.24, 2.45) is 5.73 Å². The minimum absolute atomic E-state index is 0.178. The number of anilines is 1. The summed E-state index contributed by atoms with van der Waals surface area (Å²) in [6.07, 6.45) is 0. The van der Waals surface area contributed by atoms with Gasteiger partial charge in [0.2, 0.25) is 10.9 Å². The highest BCUT2D eigenvalue weighted by Gasteiger charge is 2.09. The van der Waals surface area contributed by atoms with Crippen molar-refractivity contribution in [1.29, 1.82) is 0 Å². The number of hydrogen-bond acceptors (Lipinski definition) is 3. The molecular formula is C7H8N2O2S2. The zero-order chi connectivity index (χ0) is 9.84. The molecule has 1 aromatic rings. The molecular weight excluding hydrogens is 208 g/mol. The monoisotopic (exact) mass is 216 g/mol. The molecule has 70 valence electrons. The predicted octanol–water partition coefficient (Wildman–Crippen LogP) is 0.263. The lowest BCUT2D eigenvalue weighted by atomic mass is 10.3. The third kappa shape index (κ3) is 2.40. The van der Waals surface area contributed by atoms with E-state index in [-0.39, 0.29) is 5.11 Å². The summed E-state index contributed by atoms with van der Waals surface area (Å²) in [5.74, 6) is 0. The molecule has 1 aromatic carbocycles. The third-order valence-corrected chi connectivity index (χ3v) is 2.46. The van der Waals surface area contributed by atoms with E-state index in [4.69, 9.17) is 5.73 Å². The summed E-state index contributed by atoms with van der Waals surface area (Å²) >= 11 is 4.60. The SMILES string of the molecule is NC(=S)N(c1ccccc1)[SH](=O)=O. The highest BCUT2D eigenvalue weighted by atomic mass is 32.2. The molecule has 0 radical (unpaired) electrons. The fourth-order valence-electron chi connectivity index (χ4n) is 0.871. The van der Waals surface area contributed by atoms with Crippen LogP contribution in [0.1, 0.15) is 0 Å². The number of nitrogens with zero attached hydrogens (tertiary/aromatic N) is 1. The zero-order valence-electron chi connectivity index (χ0n) is 6.58. The number of nitrogens with two attached hydrogens (primary N) is 1. The van der Waals surface area contributed by atoms with Crippen LogP contribution < -0.4 is 10.0 Å². The average molecular weight is 216 g/mol. The molecule has 1 rings (SSSR count). The molecule has 0 aliphatic heterocycles. The maximum absolute atomic E-state index is 10.7. The van der Waals surface area contributed by atoms with E-state index in [1.807, 2.05) is 0 Å². The van der Waals surface area contributed by atoms with Gasteiger partial charge in [0, 0.05) is 0 Å². The second-order valence-electron chi connectivity index (χ2n) is 2.22. The smallest absolute Gasteiger partial charge is 0.231 e. The maximum atomic E-state index is 10.7. The minimum atomic E-state index is -2.81. The van der Waals surface area contributed by atoms with E-state index in [0.717, 1.165) is 4.31 Å². The van der Waals surface area contributed by atoms with Crippen molar-refractivity contribution in [3.63, 3.8) is 0 Å². The molecule has 6 heteroatoms. The number of para-hydroxylation sites is 1. The van der Waals surface area contributed by atoms with Gasteiger partial charge in [0.1, 0.15) is 0 Å². The van der Waals surface area contributed by atoms with Crippen LogP contribution in [0.15, 0.2) is 30.3 Å². The van der Waals surface area contributed by atoms with E-state index in [1.165, 1.54) is 0 Å². The molecule has 0 unspecified atom stereocenters. The molecule has 0 spiro atoms. The van der Waals surface area contributed by atoms with Gasteiger partial charge in [0.05, 0.1) is 5.69 Å². The molecule has 0 heterocycles. The molecule has 13 heavy (non-hydrogen) atoms. The van der Waals surface area contributed by atoms with Gasteiger partial charge in [-0.1, -0.05) is 18.2 Å². The standard InChI is InChI=1S/C7H8N2O2S2/c8-7(12)9(13(10)11)6-4-2-1-3-5-6/h1-5,13H,(H2,8,12). The fraction of sp³-hybridized carbons (Fsp3) is 0. The van der Waals surface area contributed by atoms with Gasteiger partial charge in [-0.3, -0.25) is 0 Å². The first-order valence-corrected chi connectivity index (χ1v) is 4.95. The first-order valence-electron chi connectivity index (χ1n) is 3.42. The lowest BCUT2D eigenvalue weighted by Gasteiger charge is -2.14. The molecule has 0 aliphatic rings. The second-order valence-corrected chi connectivity index (χ2v) is 3.52. The van der Waals surface area contributed by atoms with E-state index in [2.05, 4.69) is 12.2 Å². The van der Waals surface area contributed by atoms with E-state index in [1.54, 1.807) is 30.3 Å². The van der Waals surface area contributed by atoms with Crippen LogP contribution in [-0.4, -0.2) is 13.5 Å². The van der Waals surface area contributed by atoms with Crippen molar-refractivity contribution in [2.75, 3.05) is 4.31 Å². The van der Waals surface area contributed by atoms with Crippen molar-refractivity contribution in [3.8, 4) is 0 Å². The number of rotatable bonds is 2. The Bertz CT molecular complexity index is 367. The average Bonchev–Trinajstić information content (AvgIpc) is 2.04.